The second-order valence-electron chi connectivity index (χ2n) is 7.17. The number of para-hydroxylation sites is 1. The molecule has 10 nitrogen and oxygen atoms in total. The molecule has 166 valence electrons. The molecule has 3 aromatic rings. The van der Waals surface area contributed by atoms with Crippen LogP contribution in [0.15, 0.2) is 30.6 Å². The van der Waals surface area contributed by atoms with Gasteiger partial charge in [-0.15, -0.1) is 10.2 Å². The van der Waals surface area contributed by atoms with Crippen LogP contribution >= 0.6 is 0 Å². The zero-order chi connectivity index (χ0) is 22.8. The molecule has 2 heterocycles. The topological polar surface area (TPSA) is 124 Å². The first-order valence-corrected chi connectivity index (χ1v) is 9.68. The van der Waals surface area contributed by atoms with Crippen LogP contribution in [0.4, 0.5) is 26.0 Å². The number of ether oxygens (including phenoxy) is 1. The van der Waals surface area contributed by atoms with Crippen LogP contribution in [-0.4, -0.2) is 50.2 Å². The first kappa shape index (κ1) is 21.3. The molecule has 1 fully saturated rings. The smallest absolute Gasteiger partial charge is 0.302 e. The van der Waals surface area contributed by atoms with Gasteiger partial charge in [-0.3, -0.25) is 14.3 Å². The van der Waals surface area contributed by atoms with Crippen molar-refractivity contribution in [2.45, 2.75) is 19.3 Å². The number of alkyl halides is 2. The summed E-state index contributed by atoms with van der Waals surface area (Å²) >= 11 is 0. The van der Waals surface area contributed by atoms with Crippen LogP contribution in [0.5, 0.6) is 5.75 Å². The Labute approximate surface area is 181 Å². The molecule has 1 aliphatic rings. The van der Waals surface area contributed by atoms with Gasteiger partial charge in [-0.1, -0.05) is 6.07 Å². The molecule has 32 heavy (non-hydrogen) atoms. The van der Waals surface area contributed by atoms with E-state index >= 15 is 0 Å². The van der Waals surface area contributed by atoms with Gasteiger partial charge >= 0.3 is 6.43 Å². The molecule has 1 aliphatic carbocycles. The summed E-state index contributed by atoms with van der Waals surface area (Å²) in [5.74, 6) is -1.08. The number of rotatable bonds is 8. The fourth-order valence-electron chi connectivity index (χ4n) is 3.05. The maximum absolute atomic E-state index is 13.1. The van der Waals surface area contributed by atoms with Gasteiger partial charge < -0.3 is 15.4 Å². The summed E-state index contributed by atoms with van der Waals surface area (Å²) in [5.41, 5.74) is 0.283. The number of aromatic nitrogens is 5. The third kappa shape index (κ3) is 4.38. The number of methoxy groups -OCH3 is 1. The van der Waals surface area contributed by atoms with Crippen molar-refractivity contribution in [3.8, 4) is 17.1 Å². The van der Waals surface area contributed by atoms with E-state index in [1.807, 2.05) is 0 Å². The quantitative estimate of drug-likeness (QED) is 0.510. The summed E-state index contributed by atoms with van der Waals surface area (Å²) in [7, 11) is 3.15. The van der Waals surface area contributed by atoms with Crippen molar-refractivity contribution >= 4 is 28.9 Å². The maximum atomic E-state index is 13.1. The third-order valence-corrected chi connectivity index (χ3v) is 4.75. The van der Waals surface area contributed by atoms with Crippen LogP contribution in [0, 0.1) is 5.92 Å². The molecule has 0 atom stereocenters. The predicted molar refractivity (Wildman–Crippen MR) is 110 cm³/mol. The minimum absolute atomic E-state index is 0.0386. The summed E-state index contributed by atoms with van der Waals surface area (Å²) in [6.07, 6.45) is -0.200. The zero-order valence-corrected chi connectivity index (χ0v) is 17.2. The van der Waals surface area contributed by atoms with Gasteiger partial charge in [0.05, 0.1) is 24.0 Å². The number of benzene rings is 1. The average Bonchev–Trinajstić information content (AvgIpc) is 3.54. The molecule has 0 aliphatic heterocycles. The van der Waals surface area contributed by atoms with Crippen molar-refractivity contribution < 1.29 is 23.1 Å². The van der Waals surface area contributed by atoms with Crippen molar-refractivity contribution in [2.24, 2.45) is 13.0 Å². The summed E-state index contributed by atoms with van der Waals surface area (Å²) in [6, 6.07) is 6.34. The zero-order valence-electron chi connectivity index (χ0n) is 17.2. The minimum Gasteiger partial charge on any atom is -0.494 e. The van der Waals surface area contributed by atoms with Gasteiger partial charge in [0.15, 0.2) is 23.1 Å². The normalized spacial score (nSPS) is 13.2. The molecule has 2 aromatic heterocycles. The Morgan fingerprint density at radius 3 is 2.62 bits per heavy atom. The van der Waals surface area contributed by atoms with Gasteiger partial charge in [-0.2, -0.15) is 5.10 Å². The number of carbonyl (C=O) groups is 2. The van der Waals surface area contributed by atoms with Gasteiger partial charge in [-0.25, -0.2) is 13.8 Å². The number of amides is 1. The van der Waals surface area contributed by atoms with E-state index in [1.54, 1.807) is 25.2 Å². The lowest BCUT2D eigenvalue weighted by Gasteiger charge is -2.16. The Kier molecular flexibility index (Phi) is 5.75. The molecule has 1 amide bonds. The number of carbonyl (C=O) groups excluding carboxylic acids is 2. The van der Waals surface area contributed by atoms with Gasteiger partial charge in [0, 0.05) is 19.0 Å². The van der Waals surface area contributed by atoms with Gasteiger partial charge in [0.2, 0.25) is 5.91 Å². The first-order chi connectivity index (χ1) is 15.4. The Balaban J connectivity index is 1.73. The SMILES string of the molecule is COc1c(Nc2cc(NC(=O)C3CC3)nnc2C(=O)C(F)F)cccc1-c1ncn(C)n1. The predicted octanol–water partition coefficient (Wildman–Crippen LogP) is 2.82. The van der Waals surface area contributed by atoms with E-state index in [0.29, 0.717) is 22.8 Å². The highest BCUT2D eigenvalue weighted by Gasteiger charge is 2.31. The number of nitrogens with zero attached hydrogens (tertiary/aromatic N) is 5. The highest BCUT2D eigenvalue weighted by Crippen LogP contribution is 2.37. The second-order valence-corrected chi connectivity index (χ2v) is 7.17. The molecule has 0 unspecified atom stereocenters. The summed E-state index contributed by atoms with van der Waals surface area (Å²) in [4.78, 5) is 28.3. The molecule has 0 radical (unpaired) electrons. The lowest BCUT2D eigenvalue weighted by atomic mass is 10.1. The fraction of sp³-hybridized carbons (Fsp3) is 0.300. The van der Waals surface area contributed by atoms with Crippen molar-refractivity contribution in [2.75, 3.05) is 17.7 Å². The summed E-state index contributed by atoms with van der Waals surface area (Å²) in [6.45, 7) is 0. The third-order valence-electron chi connectivity index (χ3n) is 4.75. The second kappa shape index (κ2) is 8.65. The number of hydrogen-bond acceptors (Lipinski definition) is 8. The number of nitrogens with one attached hydrogen (secondary N) is 2. The molecular formula is C20H19F2N7O3. The van der Waals surface area contributed by atoms with Crippen LogP contribution in [0.3, 0.4) is 0 Å². The summed E-state index contributed by atoms with van der Waals surface area (Å²) < 4.78 is 33.3. The van der Waals surface area contributed by atoms with Crippen LogP contribution in [0.1, 0.15) is 23.3 Å². The van der Waals surface area contributed by atoms with Crippen LogP contribution in [-0.2, 0) is 11.8 Å². The van der Waals surface area contributed by atoms with E-state index in [2.05, 4.69) is 30.9 Å². The number of ketones is 1. The van der Waals surface area contributed by atoms with Crippen LogP contribution in [0.25, 0.3) is 11.4 Å². The average molecular weight is 443 g/mol. The Morgan fingerprint density at radius 1 is 1.22 bits per heavy atom. The van der Waals surface area contributed by atoms with E-state index in [9.17, 15) is 18.4 Å². The van der Waals surface area contributed by atoms with Crippen LogP contribution < -0.4 is 15.4 Å². The number of anilines is 3. The Bertz CT molecular complexity index is 1180. The molecule has 2 N–H and O–H groups in total. The molecule has 0 spiro atoms. The van der Waals surface area contributed by atoms with E-state index in [-0.39, 0.29) is 23.3 Å². The minimum atomic E-state index is -3.28. The molecule has 0 bridgehead atoms. The molecule has 12 heteroatoms. The number of hydrogen-bond donors (Lipinski definition) is 2. The monoisotopic (exact) mass is 443 g/mol. The largest absolute Gasteiger partial charge is 0.494 e. The number of halogens is 2. The first-order valence-electron chi connectivity index (χ1n) is 9.68. The molecular weight excluding hydrogens is 424 g/mol. The van der Waals surface area contributed by atoms with Gasteiger partial charge in [0.25, 0.3) is 5.78 Å². The molecule has 0 saturated heterocycles. The summed E-state index contributed by atoms with van der Waals surface area (Å²) in [5, 5.41) is 17.1. The highest BCUT2D eigenvalue weighted by atomic mass is 19.3. The van der Waals surface area contributed by atoms with Gasteiger partial charge in [0.1, 0.15) is 6.33 Å². The van der Waals surface area contributed by atoms with Crippen molar-refractivity contribution in [3.05, 3.63) is 36.3 Å². The lowest BCUT2D eigenvalue weighted by molar-refractivity contribution is -0.117. The molecule has 1 saturated carbocycles. The van der Waals surface area contributed by atoms with Crippen molar-refractivity contribution in [1.29, 1.82) is 0 Å². The Morgan fingerprint density at radius 2 is 2.00 bits per heavy atom. The molecule has 4 rings (SSSR count). The number of aryl methyl sites for hydroxylation is 1. The van der Waals surface area contributed by atoms with Crippen LogP contribution in [0.2, 0.25) is 0 Å². The van der Waals surface area contributed by atoms with Gasteiger partial charge in [-0.05, 0) is 25.0 Å². The number of Topliss-reactive ketones (excluding diaryl/α,β-unsaturated/α-hetero) is 1. The highest BCUT2D eigenvalue weighted by molar-refractivity contribution is 6.03. The Hall–Kier alpha value is -3.96. The van der Waals surface area contributed by atoms with Crippen molar-refractivity contribution in [3.63, 3.8) is 0 Å². The van der Waals surface area contributed by atoms with Crippen molar-refractivity contribution in [1.82, 2.24) is 25.0 Å². The fourth-order valence-corrected chi connectivity index (χ4v) is 3.05. The molecule has 1 aromatic carbocycles. The lowest BCUT2D eigenvalue weighted by Crippen LogP contribution is -2.19. The van der Waals surface area contributed by atoms with E-state index in [4.69, 9.17) is 4.74 Å². The van der Waals surface area contributed by atoms with E-state index in [1.165, 1.54) is 24.2 Å². The van der Waals surface area contributed by atoms with E-state index < -0.39 is 17.9 Å². The maximum Gasteiger partial charge on any atom is 0.302 e. The standard InChI is InChI=1S/C20H19F2N7O3/c1-29-9-23-19(28-29)11-4-3-5-12(17(11)32-2)24-13-8-14(25-20(31)10-6-7-10)26-27-15(13)16(30)18(21)22/h3-5,8-10,18H,6-7H2,1-2H3,(H2,24,25,26,31). The van der Waals surface area contributed by atoms with E-state index in [0.717, 1.165) is 12.8 Å².